The van der Waals surface area contributed by atoms with E-state index in [0.29, 0.717) is 0 Å². The summed E-state index contributed by atoms with van der Waals surface area (Å²) in [6.45, 7) is 0. The molecule has 0 spiro atoms. The quantitative estimate of drug-likeness (QED) is 0.691. The van der Waals surface area contributed by atoms with Gasteiger partial charge in [-0.2, -0.15) is 0 Å². The summed E-state index contributed by atoms with van der Waals surface area (Å²) in [7, 11) is 0. The maximum absolute atomic E-state index is 12.8. The van der Waals surface area contributed by atoms with Crippen molar-refractivity contribution in [3.8, 4) is 0 Å². The number of hydrogen-bond donors (Lipinski definition) is 0. The predicted molar refractivity (Wildman–Crippen MR) is 74.5 cm³/mol. The van der Waals surface area contributed by atoms with Crippen molar-refractivity contribution >= 4 is 11.6 Å². The number of benzene rings is 2. The summed E-state index contributed by atoms with van der Waals surface area (Å²) in [5.74, 6) is -0.200. The molecule has 0 nitrogen and oxygen atoms in total. The molecule has 2 aromatic carbocycles. The van der Waals surface area contributed by atoms with Gasteiger partial charge < -0.3 is 0 Å². The molecule has 0 aliphatic carbocycles. The molecular weight excluding hydrogens is 247 g/mol. The monoisotopic (exact) mass is 262 g/mol. The van der Waals surface area contributed by atoms with Gasteiger partial charge >= 0.3 is 0 Å². The lowest BCUT2D eigenvalue weighted by Crippen LogP contribution is -2.05. The Balaban J connectivity index is 1.82. The molecule has 0 aliphatic rings. The summed E-state index contributed by atoms with van der Waals surface area (Å²) in [5, 5.41) is 0.0932. The van der Waals surface area contributed by atoms with E-state index in [1.807, 2.05) is 18.2 Å². The van der Waals surface area contributed by atoms with Gasteiger partial charge in [0.15, 0.2) is 0 Å². The van der Waals surface area contributed by atoms with E-state index in [9.17, 15) is 4.39 Å². The van der Waals surface area contributed by atoms with Gasteiger partial charge in [0.25, 0.3) is 0 Å². The van der Waals surface area contributed by atoms with Crippen LogP contribution >= 0.6 is 11.6 Å². The Morgan fingerprint density at radius 1 is 0.889 bits per heavy atom. The van der Waals surface area contributed by atoms with Gasteiger partial charge in [0.2, 0.25) is 0 Å². The average Bonchev–Trinajstić information content (AvgIpc) is 2.40. The Bertz CT molecular complexity index is 464. The zero-order valence-electron chi connectivity index (χ0n) is 10.2. The van der Waals surface area contributed by atoms with Crippen LogP contribution in [0.4, 0.5) is 4.39 Å². The lowest BCUT2D eigenvalue weighted by Gasteiger charge is -2.09. The minimum Gasteiger partial charge on any atom is -0.207 e. The minimum absolute atomic E-state index is 0.0932. The normalized spacial score (nSPS) is 12.3. The Kier molecular flexibility index (Phi) is 4.77. The van der Waals surface area contributed by atoms with Crippen molar-refractivity contribution in [2.75, 3.05) is 0 Å². The largest absolute Gasteiger partial charge is 0.207 e. The minimum atomic E-state index is -0.200. The van der Waals surface area contributed by atoms with Crippen molar-refractivity contribution in [1.82, 2.24) is 0 Å². The zero-order valence-corrected chi connectivity index (χ0v) is 10.9. The van der Waals surface area contributed by atoms with E-state index in [4.69, 9.17) is 11.6 Å². The summed E-state index contributed by atoms with van der Waals surface area (Å²) in [6, 6.07) is 16.9. The van der Waals surface area contributed by atoms with Gasteiger partial charge in [-0.05, 0) is 42.5 Å². The first-order valence-electron chi connectivity index (χ1n) is 6.16. The highest BCUT2D eigenvalue weighted by molar-refractivity contribution is 6.20. The third kappa shape index (κ3) is 4.15. The summed E-state index contributed by atoms with van der Waals surface area (Å²) in [6.07, 6.45) is 2.70. The Labute approximate surface area is 112 Å². The van der Waals surface area contributed by atoms with Crippen molar-refractivity contribution in [3.63, 3.8) is 0 Å². The van der Waals surface area contributed by atoms with Gasteiger partial charge in [-0.3, -0.25) is 0 Å². The van der Waals surface area contributed by atoms with Gasteiger partial charge in [0.1, 0.15) is 5.82 Å². The van der Waals surface area contributed by atoms with Crippen LogP contribution in [0, 0.1) is 5.82 Å². The lowest BCUT2D eigenvalue weighted by molar-refractivity contribution is 0.626. The van der Waals surface area contributed by atoms with E-state index in [1.54, 1.807) is 12.1 Å². The van der Waals surface area contributed by atoms with Gasteiger partial charge in [-0.15, -0.1) is 11.6 Å². The topological polar surface area (TPSA) is 0 Å². The number of rotatable bonds is 5. The third-order valence-corrected chi connectivity index (χ3v) is 3.33. The first kappa shape index (κ1) is 13.1. The molecule has 2 heteroatoms. The average molecular weight is 263 g/mol. The van der Waals surface area contributed by atoms with Crippen LogP contribution < -0.4 is 0 Å². The van der Waals surface area contributed by atoms with E-state index in [-0.39, 0.29) is 11.2 Å². The van der Waals surface area contributed by atoms with Crippen LogP contribution in [0.15, 0.2) is 54.6 Å². The second-order valence-electron chi connectivity index (χ2n) is 4.45. The molecule has 2 aromatic rings. The number of hydrogen-bond acceptors (Lipinski definition) is 0. The molecule has 0 fully saturated rings. The lowest BCUT2D eigenvalue weighted by atomic mass is 10.0. The van der Waals surface area contributed by atoms with Crippen LogP contribution in [0.25, 0.3) is 0 Å². The molecule has 94 valence electrons. The molecular formula is C16H16ClF. The molecule has 0 saturated carbocycles. The van der Waals surface area contributed by atoms with Crippen LogP contribution in [0.1, 0.15) is 17.5 Å². The number of aryl methyl sites for hydroxylation is 1. The van der Waals surface area contributed by atoms with Crippen molar-refractivity contribution in [2.24, 2.45) is 0 Å². The maximum atomic E-state index is 12.8. The summed E-state index contributed by atoms with van der Waals surface area (Å²) in [5.41, 5.74) is 2.40. The number of halogens is 2. The Morgan fingerprint density at radius 2 is 1.56 bits per heavy atom. The van der Waals surface area contributed by atoms with Gasteiger partial charge in [0, 0.05) is 5.38 Å². The predicted octanol–water partition coefficient (Wildman–Crippen LogP) is 4.61. The van der Waals surface area contributed by atoms with E-state index in [2.05, 4.69) is 12.1 Å². The molecule has 0 aliphatic heterocycles. The second-order valence-corrected chi connectivity index (χ2v) is 5.07. The highest BCUT2D eigenvalue weighted by Crippen LogP contribution is 2.15. The molecule has 0 heterocycles. The van der Waals surface area contributed by atoms with Crippen LogP contribution in [0.5, 0.6) is 0 Å². The molecule has 0 aromatic heterocycles. The van der Waals surface area contributed by atoms with E-state index < -0.39 is 0 Å². The molecule has 0 bridgehead atoms. The third-order valence-electron chi connectivity index (χ3n) is 2.96. The van der Waals surface area contributed by atoms with Crippen LogP contribution in [-0.2, 0) is 12.8 Å². The van der Waals surface area contributed by atoms with Crippen LogP contribution in [0.3, 0.4) is 0 Å². The zero-order chi connectivity index (χ0) is 12.8. The van der Waals surface area contributed by atoms with E-state index in [0.717, 1.165) is 24.8 Å². The van der Waals surface area contributed by atoms with Gasteiger partial charge in [0.05, 0.1) is 0 Å². The fraction of sp³-hybridized carbons (Fsp3) is 0.250. The van der Waals surface area contributed by atoms with Crippen LogP contribution in [-0.4, -0.2) is 5.38 Å². The molecule has 2 rings (SSSR count). The van der Waals surface area contributed by atoms with Crippen molar-refractivity contribution in [3.05, 3.63) is 71.5 Å². The first-order valence-corrected chi connectivity index (χ1v) is 6.60. The Hall–Kier alpha value is -1.34. The number of alkyl halides is 1. The molecule has 0 amide bonds. The SMILES string of the molecule is Fc1ccc(CC(Cl)CCc2ccccc2)cc1. The molecule has 1 unspecified atom stereocenters. The van der Waals surface area contributed by atoms with Crippen LogP contribution in [0.2, 0.25) is 0 Å². The second kappa shape index (κ2) is 6.55. The fourth-order valence-electron chi connectivity index (χ4n) is 1.95. The summed E-state index contributed by atoms with van der Waals surface area (Å²) < 4.78 is 12.8. The Morgan fingerprint density at radius 3 is 2.22 bits per heavy atom. The highest BCUT2D eigenvalue weighted by Gasteiger charge is 2.06. The van der Waals surface area contributed by atoms with E-state index >= 15 is 0 Å². The standard InChI is InChI=1S/C16H16ClF/c17-15(9-6-13-4-2-1-3-5-13)12-14-7-10-16(18)11-8-14/h1-5,7-8,10-11,15H,6,9,12H2. The first-order chi connectivity index (χ1) is 8.74. The molecule has 18 heavy (non-hydrogen) atoms. The molecule has 0 radical (unpaired) electrons. The summed E-state index contributed by atoms with van der Waals surface area (Å²) in [4.78, 5) is 0. The molecule has 0 saturated heterocycles. The van der Waals surface area contributed by atoms with Crippen molar-refractivity contribution < 1.29 is 4.39 Å². The maximum Gasteiger partial charge on any atom is 0.123 e. The van der Waals surface area contributed by atoms with E-state index in [1.165, 1.54) is 17.7 Å². The van der Waals surface area contributed by atoms with Crippen molar-refractivity contribution in [2.45, 2.75) is 24.6 Å². The highest BCUT2D eigenvalue weighted by atomic mass is 35.5. The smallest absolute Gasteiger partial charge is 0.123 e. The van der Waals surface area contributed by atoms with Gasteiger partial charge in [-0.1, -0.05) is 42.5 Å². The van der Waals surface area contributed by atoms with Gasteiger partial charge in [-0.25, -0.2) is 4.39 Å². The van der Waals surface area contributed by atoms with Crippen molar-refractivity contribution in [1.29, 1.82) is 0 Å². The fourth-order valence-corrected chi connectivity index (χ4v) is 2.23. The molecule has 1 atom stereocenters. The molecule has 0 N–H and O–H groups in total. The summed E-state index contributed by atoms with van der Waals surface area (Å²) >= 11 is 6.31.